The average Bonchev–Trinajstić information content (AvgIpc) is 2.81. The summed E-state index contributed by atoms with van der Waals surface area (Å²) in [5, 5.41) is 2.95. The summed E-state index contributed by atoms with van der Waals surface area (Å²) in [5.74, 6) is 1.05. The van der Waals surface area contributed by atoms with Crippen LogP contribution in [0, 0.1) is 0 Å². The quantitative estimate of drug-likeness (QED) is 0.494. The van der Waals surface area contributed by atoms with Gasteiger partial charge in [-0.15, -0.1) is 0 Å². The van der Waals surface area contributed by atoms with E-state index in [1.165, 1.54) is 4.90 Å². The van der Waals surface area contributed by atoms with Crippen molar-refractivity contribution in [1.82, 2.24) is 10.2 Å². The van der Waals surface area contributed by atoms with E-state index in [4.69, 9.17) is 14.2 Å². The lowest BCUT2D eigenvalue weighted by Crippen LogP contribution is -2.50. The second-order valence-corrected chi connectivity index (χ2v) is 8.39. The minimum absolute atomic E-state index is 0.0232. The molecule has 2 aromatic carbocycles. The van der Waals surface area contributed by atoms with E-state index in [9.17, 15) is 9.59 Å². The van der Waals surface area contributed by atoms with Gasteiger partial charge < -0.3 is 24.4 Å². The molecule has 0 aromatic heterocycles. The molecule has 32 heavy (non-hydrogen) atoms. The van der Waals surface area contributed by atoms with Crippen molar-refractivity contribution < 1.29 is 23.8 Å². The molecule has 2 rings (SSSR count). The Morgan fingerprint density at radius 3 is 2.09 bits per heavy atom. The van der Waals surface area contributed by atoms with Gasteiger partial charge in [0.05, 0.1) is 14.2 Å². The first-order chi connectivity index (χ1) is 15.3. The van der Waals surface area contributed by atoms with Crippen LogP contribution in [0.25, 0.3) is 0 Å². The summed E-state index contributed by atoms with van der Waals surface area (Å²) in [6, 6.07) is 12.1. The van der Waals surface area contributed by atoms with Crippen molar-refractivity contribution >= 4 is 27.7 Å². The lowest BCUT2D eigenvalue weighted by Gasteiger charge is -2.29. The minimum atomic E-state index is -0.663. The lowest BCUT2D eigenvalue weighted by atomic mass is 10.1. The molecule has 0 aliphatic carbocycles. The van der Waals surface area contributed by atoms with E-state index in [1.807, 2.05) is 38.1 Å². The molecule has 0 heterocycles. The molecular formula is C24H31BrN2O5. The highest BCUT2D eigenvalue weighted by molar-refractivity contribution is 9.10. The normalized spacial score (nSPS) is 12.4. The maximum Gasteiger partial charge on any atom is 0.261 e. The Morgan fingerprint density at radius 2 is 1.56 bits per heavy atom. The van der Waals surface area contributed by atoms with Crippen molar-refractivity contribution in [3.8, 4) is 17.2 Å². The van der Waals surface area contributed by atoms with Crippen LogP contribution in [0.1, 0.15) is 32.8 Å². The standard InChI is InChI=1S/C24H31BrN2O5/c1-6-16(2)26-24(29)17(3)27(14-18-7-9-19(25)10-8-18)23(28)15-32-22-12-20(30-4)11-21(13-22)31-5/h7-13,16-17H,6,14-15H2,1-5H3,(H,26,29)/t16-,17-/m0/s1. The molecule has 174 valence electrons. The summed E-state index contributed by atoms with van der Waals surface area (Å²) in [7, 11) is 3.09. The topological polar surface area (TPSA) is 77.1 Å². The van der Waals surface area contributed by atoms with Crippen molar-refractivity contribution in [2.75, 3.05) is 20.8 Å². The fraction of sp³-hybridized carbons (Fsp3) is 0.417. The number of halogens is 1. The third-order valence-corrected chi connectivity index (χ3v) is 5.65. The summed E-state index contributed by atoms with van der Waals surface area (Å²) >= 11 is 3.42. The van der Waals surface area contributed by atoms with Gasteiger partial charge in [-0.25, -0.2) is 0 Å². The molecule has 2 aromatic rings. The minimum Gasteiger partial charge on any atom is -0.496 e. The zero-order valence-corrected chi connectivity index (χ0v) is 20.8. The van der Waals surface area contributed by atoms with Crippen LogP contribution in [0.2, 0.25) is 0 Å². The first kappa shape index (κ1) is 25.5. The Hall–Kier alpha value is -2.74. The van der Waals surface area contributed by atoms with Crippen LogP contribution in [0.5, 0.6) is 17.2 Å². The van der Waals surface area contributed by atoms with Crippen molar-refractivity contribution in [3.05, 3.63) is 52.5 Å². The number of ether oxygens (including phenoxy) is 3. The van der Waals surface area contributed by atoms with Crippen LogP contribution in [0.3, 0.4) is 0 Å². The maximum atomic E-state index is 13.1. The maximum absolute atomic E-state index is 13.1. The number of hydrogen-bond acceptors (Lipinski definition) is 5. The number of carbonyl (C=O) groups excluding carboxylic acids is 2. The zero-order chi connectivity index (χ0) is 23.7. The van der Waals surface area contributed by atoms with Gasteiger partial charge in [0.25, 0.3) is 5.91 Å². The van der Waals surface area contributed by atoms with Crippen LogP contribution in [-0.4, -0.2) is 49.6 Å². The van der Waals surface area contributed by atoms with Gasteiger partial charge in [0.1, 0.15) is 23.3 Å². The van der Waals surface area contributed by atoms with E-state index < -0.39 is 6.04 Å². The Labute approximate surface area is 198 Å². The van der Waals surface area contributed by atoms with E-state index in [1.54, 1.807) is 39.3 Å². The van der Waals surface area contributed by atoms with E-state index in [0.29, 0.717) is 17.2 Å². The summed E-state index contributed by atoms with van der Waals surface area (Å²) in [5.41, 5.74) is 0.910. The van der Waals surface area contributed by atoms with E-state index >= 15 is 0 Å². The number of nitrogens with zero attached hydrogens (tertiary/aromatic N) is 1. The van der Waals surface area contributed by atoms with Gasteiger partial charge in [-0.2, -0.15) is 0 Å². The highest BCUT2D eigenvalue weighted by Gasteiger charge is 2.27. The third kappa shape index (κ3) is 7.44. The van der Waals surface area contributed by atoms with Gasteiger partial charge in [0.2, 0.25) is 5.91 Å². The van der Waals surface area contributed by atoms with Crippen LogP contribution in [-0.2, 0) is 16.1 Å². The van der Waals surface area contributed by atoms with Crippen LogP contribution in [0.4, 0.5) is 0 Å². The predicted octanol–water partition coefficient (Wildman–Crippen LogP) is 4.18. The van der Waals surface area contributed by atoms with Crippen LogP contribution in [0.15, 0.2) is 46.9 Å². The van der Waals surface area contributed by atoms with Crippen molar-refractivity contribution in [2.24, 2.45) is 0 Å². The number of hydrogen-bond donors (Lipinski definition) is 1. The average molecular weight is 507 g/mol. The second-order valence-electron chi connectivity index (χ2n) is 7.48. The van der Waals surface area contributed by atoms with Gasteiger partial charge >= 0.3 is 0 Å². The fourth-order valence-corrected chi connectivity index (χ4v) is 3.19. The van der Waals surface area contributed by atoms with Crippen LogP contribution < -0.4 is 19.5 Å². The molecule has 0 fully saturated rings. The van der Waals surface area contributed by atoms with Gasteiger partial charge in [-0.3, -0.25) is 9.59 Å². The number of methoxy groups -OCH3 is 2. The predicted molar refractivity (Wildman–Crippen MR) is 127 cm³/mol. The molecule has 0 saturated carbocycles. The number of carbonyl (C=O) groups is 2. The molecule has 8 heteroatoms. The molecule has 0 bridgehead atoms. The monoisotopic (exact) mass is 506 g/mol. The van der Waals surface area contributed by atoms with E-state index in [0.717, 1.165) is 16.5 Å². The van der Waals surface area contributed by atoms with Crippen molar-refractivity contribution in [2.45, 2.75) is 45.8 Å². The molecule has 0 spiro atoms. The highest BCUT2D eigenvalue weighted by Crippen LogP contribution is 2.27. The Bertz CT molecular complexity index is 882. The molecular weight excluding hydrogens is 476 g/mol. The molecule has 0 unspecified atom stereocenters. The van der Waals surface area contributed by atoms with Gasteiger partial charge in [0, 0.05) is 35.3 Å². The smallest absolute Gasteiger partial charge is 0.261 e. The molecule has 0 saturated heterocycles. The summed E-state index contributed by atoms with van der Waals surface area (Å²) in [6.45, 7) is 5.71. The second kappa shape index (κ2) is 12.3. The SMILES string of the molecule is CC[C@H](C)NC(=O)[C@H](C)N(Cc1ccc(Br)cc1)C(=O)COc1cc(OC)cc(OC)c1. The first-order valence-corrected chi connectivity index (χ1v) is 11.3. The molecule has 7 nitrogen and oxygen atoms in total. The molecule has 0 radical (unpaired) electrons. The molecule has 0 aliphatic heterocycles. The number of nitrogens with one attached hydrogen (secondary N) is 1. The van der Waals surface area contributed by atoms with Crippen molar-refractivity contribution in [1.29, 1.82) is 0 Å². The van der Waals surface area contributed by atoms with Gasteiger partial charge in [-0.05, 0) is 38.0 Å². The first-order valence-electron chi connectivity index (χ1n) is 10.5. The summed E-state index contributed by atoms with van der Waals surface area (Å²) in [6.07, 6.45) is 0.805. The molecule has 0 aliphatic rings. The van der Waals surface area contributed by atoms with Crippen LogP contribution >= 0.6 is 15.9 Å². The Kier molecular flexibility index (Phi) is 9.84. The molecule has 2 amide bonds. The Balaban J connectivity index is 2.18. The van der Waals surface area contributed by atoms with Crippen molar-refractivity contribution in [3.63, 3.8) is 0 Å². The molecule has 2 atom stereocenters. The van der Waals surface area contributed by atoms with Gasteiger partial charge in [0.15, 0.2) is 6.61 Å². The van der Waals surface area contributed by atoms with E-state index in [2.05, 4.69) is 21.2 Å². The largest absolute Gasteiger partial charge is 0.496 e. The Morgan fingerprint density at radius 1 is 1.00 bits per heavy atom. The lowest BCUT2D eigenvalue weighted by molar-refractivity contribution is -0.142. The zero-order valence-electron chi connectivity index (χ0n) is 19.2. The third-order valence-electron chi connectivity index (χ3n) is 5.12. The number of amides is 2. The summed E-state index contributed by atoms with van der Waals surface area (Å²) < 4.78 is 17.2. The van der Waals surface area contributed by atoms with Gasteiger partial charge in [-0.1, -0.05) is 35.0 Å². The highest BCUT2D eigenvalue weighted by atomic mass is 79.9. The fourth-order valence-electron chi connectivity index (χ4n) is 2.93. The number of benzene rings is 2. The molecule has 1 N–H and O–H groups in total. The number of rotatable bonds is 11. The summed E-state index contributed by atoms with van der Waals surface area (Å²) in [4.78, 5) is 27.4. The van der Waals surface area contributed by atoms with E-state index in [-0.39, 0.29) is 31.0 Å².